The van der Waals surface area contributed by atoms with Crippen molar-refractivity contribution in [2.24, 2.45) is 0 Å². The molecule has 60 valence electrons. The largest absolute Gasteiger partial charge is 0.431 e. The molecule has 0 saturated heterocycles. The van der Waals surface area contributed by atoms with Crippen molar-refractivity contribution in [2.45, 2.75) is 12.9 Å². The molecule has 0 saturated carbocycles. The molecular formula is C5H8BNO3S. The van der Waals surface area contributed by atoms with Crippen molar-refractivity contribution in [3.8, 4) is 0 Å². The third kappa shape index (κ3) is 1.12. The normalized spacial score (nSPS) is 24.8. The van der Waals surface area contributed by atoms with E-state index < -0.39 is 11.8 Å². The molecule has 0 spiro atoms. The van der Waals surface area contributed by atoms with Gasteiger partial charge in [-0.25, -0.2) is 5.06 Å². The van der Waals surface area contributed by atoms with Crippen molar-refractivity contribution in [1.29, 1.82) is 0 Å². The first-order chi connectivity index (χ1) is 5.09. The van der Waals surface area contributed by atoms with Gasteiger partial charge in [0.2, 0.25) is 0 Å². The number of nitrogens with zero attached hydrogens (tertiary/aromatic N) is 1. The summed E-state index contributed by atoms with van der Waals surface area (Å²) in [7, 11) is 1.65. The maximum atomic E-state index is 11.0. The molecule has 4 nitrogen and oxygen atoms in total. The molecule has 1 unspecified atom stereocenters. The summed E-state index contributed by atoms with van der Waals surface area (Å²) in [6.45, 7) is 1.58. The van der Waals surface area contributed by atoms with E-state index in [4.69, 9.17) is 5.21 Å². The van der Waals surface area contributed by atoms with Gasteiger partial charge in [-0.3, -0.25) is 10.0 Å². The molecule has 0 radical (unpaired) electrons. The Morgan fingerprint density at radius 1 is 1.82 bits per heavy atom. The van der Waals surface area contributed by atoms with Gasteiger partial charge in [-0.2, -0.15) is 0 Å². The Labute approximate surface area is 70.8 Å². The molecule has 1 aliphatic heterocycles. The van der Waals surface area contributed by atoms with Gasteiger partial charge >= 0.3 is 0 Å². The van der Waals surface area contributed by atoms with Gasteiger partial charge in [-0.05, 0) is 6.92 Å². The molecule has 1 rings (SSSR count). The second kappa shape index (κ2) is 2.79. The Kier molecular flexibility index (Phi) is 2.15. The van der Waals surface area contributed by atoms with E-state index in [1.165, 1.54) is 0 Å². The van der Waals surface area contributed by atoms with Gasteiger partial charge in [0.1, 0.15) is 13.6 Å². The zero-order valence-corrected chi connectivity index (χ0v) is 7.13. The molecule has 11 heavy (non-hydrogen) atoms. The van der Waals surface area contributed by atoms with Gasteiger partial charge < -0.3 is 4.18 Å². The van der Waals surface area contributed by atoms with Gasteiger partial charge in [0.25, 0.3) is 5.91 Å². The van der Waals surface area contributed by atoms with Gasteiger partial charge in [0.15, 0.2) is 0 Å². The fraction of sp³-hybridized carbons (Fsp3) is 0.400. The van der Waals surface area contributed by atoms with Gasteiger partial charge in [0, 0.05) is 12.9 Å². The average Bonchev–Trinajstić information content (AvgIpc) is 2.17. The molecule has 0 aromatic carbocycles. The van der Waals surface area contributed by atoms with Crippen LogP contribution in [0.2, 0.25) is 0 Å². The Balaban J connectivity index is 2.98. The highest BCUT2D eigenvalue weighted by molar-refractivity contribution is 7.75. The molecule has 0 fully saturated rings. The van der Waals surface area contributed by atoms with Crippen molar-refractivity contribution in [3.63, 3.8) is 0 Å². The Morgan fingerprint density at radius 2 is 2.36 bits per heavy atom. The van der Waals surface area contributed by atoms with Crippen LogP contribution in [0.1, 0.15) is 6.92 Å². The van der Waals surface area contributed by atoms with E-state index in [0.717, 1.165) is 0 Å². The second-order valence-corrected chi connectivity index (χ2v) is 2.59. The first-order valence-corrected chi connectivity index (χ1v) is 3.50. The van der Waals surface area contributed by atoms with E-state index in [1.54, 1.807) is 14.8 Å². The van der Waals surface area contributed by atoms with Crippen LogP contribution in [-0.4, -0.2) is 30.0 Å². The molecule has 1 atom stereocenters. The van der Waals surface area contributed by atoms with Crippen molar-refractivity contribution < 1.29 is 14.2 Å². The van der Waals surface area contributed by atoms with Crippen molar-refractivity contribution in [1.82, 2.24) is 5.06 Å². The van der Waals surface area contributed by atoms with Crippen LogP contribution in [0.4, 0.5) is 0 Å². The lowest BCUT2D eigenvalue weighted by atomic mass is 9.95. The summed E-state index contributed by atoms with van der Waals surface area (Å²) in [5.74, 6) is -0.456. The summed E-state index contributed by atoms with van der Waals surface area (Å²) in [5, 5.41) is 9.69. The molecule has 0 aromatic heterocycles. The quantitative estimate of drug-likeness (QED) is 0.239. The number of amides is 1. The Bertz CT molecular complexity index is 230. The van der Waals surface area contributed by atoms with Gasteiger partial charge in [-0.15, -0.1) is 0 Å². The molecule has 0 aromatic rings. The van der Waals surface area contributed by atoms with E-state index in [0.29, 0.717) is 16.4 Å². The molecule has 6 heteroatoms. The van der Waals surface area contributed by atoms with Crippen LogP contribution in [0.5, 0.6) is 0 Å². The Morgan fingerprint density at radius 3 is 2.55 bits per heavy atom. The van der Waals surface area contributed by atoms with Gasteiger partial charge in [0.05, 0.1) is 11.5 Å². The highest BCUT2D eigenvalue weighted by atomic mass is 32.1. The SMILES string of the molecule is BC1C(OS)=C(C)C(=O)N1O. The van der Waals surface area contributed by atoms with Crippen LogP contribution < -0.4 is 0 Å². The zero-order chi connectivity index (χ0) is 8.59. The zero-order valence-electron chi connectivity index (χ0n) is 6.24. The van der Waals surface area contributed by atoms with Crippen LogP contribution >= 0.6 is 12.9 Å². The lowest BCUT2D eigenvalue weighted by Crippen LogP contribution is -2.32. The van der Waals surface area contributed by atoms with E-state index >= 15 is 0 Å². The molecule has 1 heterocycles. The summed E-state index contributed by atoms with van der Waals surface area (Å²) in [4.78, 5) is 11.0. The summed E-state index contributed by atoms with van der Waals surface area (Å²) >= 11 is 3.57. The number of rotatable bonds is 1. The standard InChI is InChI=1S/C5H8BNO3S/c1-2-3(10-11)4(6)7(9)5(2)8/h4,9,11H,6H2,1H3. The minimum absolute atomic E-state index is 0.398. The smallest absolute Gasteiger partial charge is 0.276 e. The van der Waals surface area contributed by atoms with Crippen LogP contribution in [0.15, 0.2) is 11.3 Å². The second-order valence-electron chi connectivity index (χ2n) is 2.41. The molecule has 1 aliphatic rings. The van der Waals surface area contributed by atoms with Crippen molar-refractivity contribution >= 4 is 26.7 Å². The van der Waals surface area contributed by atoms with Crippen LogP contribution in [-0.2, 0) is 8.98 Å². The third-order valence-electron chi connectivity index (χ3n) is 1.74. The topological polar surface area (TPSA) is 49.8 Å². The number of hydrogen-bond acceptors (Lipinski definition) is 4. The van der Waals surface area contributed by atoms with Crippen LogP contribution in [0.25, 0.3) is 0 Å². The van der Waals surface area contributed by atoms with E-state index in [1.807, 2.05) is 0 Å². The predicted molar refractivity (Wildman–Crippen MR) is 43.7 cm³/mol. The molecule has 0 bridgehead atoms. The third-order valence-corrected chi connectivity index (χ3v) is 1.94. The van der Waals surface area contributed by atoms with Crippen molar-refractivity contribution in [2.75, 3.05) is 0 Å². The summed E-state index contributed by atoms with van der Waals surface area (Å²) < 4.78 is 4.63. The molecular weight excluding hydrogens is 165 g/mol. The van der Waals surface area contributed by atoms with Crippen LogP contribution in [0, 0.1) is 0 Å². The summed E-state index contributed by atoms with van der Waals surface area (Å²) in [6, 6.07) is 0. The molecule has 1 amide bonds. The Hall–Kier alpha value is -0.615. The van der Waals surface area contributed by atoms with Gasteiger partial charge in [-0.1, -0.05) is 0 Å². The highest BCUT2D eigenvalue weighted by Crippen LogP contribution is 2.23. The number of thiol groups is 1. The molecule has 1 N–H and O–H groups in total. The fourth-order valence-corrected chi connectivity index (χ4v) is 1.31. The lowest BCUT2D eigenvalue weighted by molar-refractivity contribution is -0.158. The van der Waals surface area contributed by atoms with E-state index in [2.05, 4.69) is 17.1 Å². The number of carbonyl (C=O) groups excluding carboxylic acids is 1. The first-order valence-electron chi connectivity index (χ1n) is 3.14. The van der Waals surface area contributed by atoms with Crippen LogP contribution in [0.3, 0.4) is 0 Å². The monoisotopic (exact) mass is 173 g/mol. The number of hydrogen-bond donors (Lipinski definition) is 2. The minimum atomic E-state index is -0.431. The van der Waals surface area contributed by atoms with Crippen molar-refractivity contribution in [3.05, 3.63) is 11.3 Å². The maximum absolute atomic E-state index is 11.0. The minimum Gasteiger partial charge on any atom is -0.431 e. The van der Waals surface area contributed by atoms with E-state index in [-0.39, 0.29) is 0 Å². The maximum Gasteiger partial charge on any atom is 0.276 e. The van der Waals surface area contributed by atoms with E-state index in [9.17, 15) is 4.79 Å². The fourth-order valence-electron chi connectivity index (χ4n) is 1.02. The number of carbonyl (C=O) groups is 1. The number of hydroxylamine groups is 2. The average molecular weight is 173 g/mol. The first kappa shape index (κ1) is 8.48. The highest BCUT2D eigenvalue weighted by Gasteiger charge is 2.34. The summed E-state index contributed by atoms with van der Waals surface area (Å²) in [6.07, 6.45) is 0. The predicted octanol–water partition coefficient (Wildman–Crippen LogP) is -0.688. The summed E-state index contributed by atoms with van der Waals surface area (Å²) in [5.41, 5.74) is 0.398. The lowest BCUT2D eigenvalue weighted by Gasteiger charge is -2.13. The molecule has 0 aliphatic carbocycles.